The largest absolute Gasteiger partial charge is 0.377 e. The second kappa shape index (κ2) is 5.31. The van der Waals surface area contributed by atoms with E-state index in [1.807, 2.05) is 7.11 Å². The number of methoxy groups -OCH3 is 1. The molecule has 1 rings (SSSR count). The molecule has 3 unspecified atom stereocenters. The van der Waals surface area contributed by atoms with Gasteiger partial charge < -0.3 is 10.1 Å². The van der Waals surface area contributed by atoms with Crippen LogP contribution in [0, 0.1) is 11.8 Å². The summed E-state index contributed by atoms with van der Waals surface area (Å²) in [6.07, 6.45) is 5.48. The number of rotatable bonds is 4. The van der Waals surface area contributed by atoms with E-state index in [2.05, 4.69) is 33.1 Å². The first-order chi connectivity index (χ1) is 7.01. The monoisotopic (exact) mass is 213 g/mol. The van der Waals surface area contributed by atoms with Gasteiger partial charge in [-0.3, -0.25) is 0 Å². The minimum absolute atomic E-state index is 0.0591. The first kappa shape index (κ1) is 13.0. The molecule has 0 amide bonds. The molecule has 1 N–H and O–H groups in total. The minimum Gasteiger partial charge on any atom is -0.377 e. The van der Waals surface area contributed by atoms with Crippen LogP contribution in [0.1, 0.15) is 46.5 Å². The summed E-state index contributed by atoms with van der Waals surface area (Å²) in [6, 6.07) is 0.477. The maximum Gasteiger partial charge on any atom is 0.0777 e. The average Bonchev–Trinajstić information content (AvgIpc) is 2.18. The highest BCUT2D eigenvalue weighted by atomic mass is 16.5. The van der Waals surface area contributed by atoms with Gasteiger partial charge in [-0.2, -0.15) is 0 Å². The standard InChI is InChI=1S/C13H27NO/c1-10-7-6-8-11(9-10)12(14-4)13(2,3)15-5/h10-12,14H,6-9H2,1-5H3. The molecular formula is C13H27NO. The van der Waals surface area contributed by atoms with Crippen molar-refractivity contribution < 1.29 is 4.74 Å². The van der Waals surface area contributed by atoms with Crippen LogP contribution in [0.2, 0.25) is 0 Å². The van der Waals surface area contributed by atoms with Gasteiger partial charge in [-0.05, 0) is 45.6 Å². The molecule has 0 radical (unpaired) electrons. The lowest BCUT2D eigenvalue weighted by Gasteiger charge is -2.41. The van der Waals surface area contributed by atoms with Crippen LogP contribution < -0.4 is 5.32 Å². The van der Waals surface area contributed by atoms with E-state index in [0.717, 1.165) is 11.8 Å². The van der Waals surface area contributed by atoms with E-state index in [1.165, 1.54) is 25.7 Å². The molecule has 2 nitrogen and oxygen atoms in total. The van der Waals surface area contributed by atoms with Gasteiger partial charge in [0.1, 0.15) is 0 Å². The Bertz CT molecular complexity index is 191. The molecule has 1 saturated carbocycles. The van der Waals surface area contributed by atoms with Gasteiger partial charge in [-0.1, -0.05) is 19.8 Å². The minimum atomic E-state index is -0.0591. The number of nitrogens with one attached hydrogen (secondary N) is 1. The zero-order valence-corrected chi connectivity index (χ0v) is 11.0. The molecular weight excluding hydrogens is 186 g/mol. The van der Waals surface area contributed by atoms with Crippen molar-refractivity contribution in [2.24, 2.45) is 11.8 Å². The third kappa shape index (κ3) is 3.18. The van der Waals surface area contributed by atoms with E-state index in [-0.39, 0.29) is 5.60 Å². The molecule has 1 aliphatic rings. The molecule has 0 heterocycles. The average molecular weight is 213 g/mol. The fraction of sp³-hybridized carbons (Fsp3) is 1.00. The molecule has 0 aromatic heterocycles. The molecule has 0 spiro atoms. The van der Waals surface area contributed by atoms with E-state index < -0.39 is 0 Å². The van der Waals surface area contributed by atoms with Crippen LogP contribution >= 0.6 is 0 Å². The predicted molar refractivity (Wildman–Crippen MR) is 65.1 cm³/mol. The fourth-order valence-electron chi connectivity index (χ4n) is 3.06. The number of likely N-dealkylation sites (N-methyl/N-ethyl adjacent to an activating group) is 1. The maximum absolute atomic E-state index is 5.62. The summed E-state index contributed by atoms with van der Waals surface area (Å²) in [5, 5.41) is 3.46. The molecule has 0 aliphatic heterocycles. The van der Waals surface area contributed by atoms with E-state index in [9.17, 15) is 0 Å². The molecule has 1 fully saturated rings. The van der Waals surface area contributed by atoms with Crippen LogP contribution in [0.3, 0.4) is 0 Å². The number of hydrogen-bond acceptors (Lipinski definition) is 2. The number of ether oxygens (including phenoxy) is 1. The molecule has 3 atom stereocenters. The molecule has 2 heteroatoms. The third-order valence-electron chi connectivity index (χ3n) is 4.03. The summed E-state index contributed by atoms with van der Waals surface area (Å²) in [7, 11) is 3.88. The lowest BCUT2D eigenvalue weighted by atomic mass is 9.74. The van der Waals surface area contributed by atoms with Crippen molar-refractivity contribution in [1.82, 2.24) is 5.32 Å². The molecule has 90 valence electrons. The second-order valence-corrected chi connectivity index (χ2v) is 5.61. The fourth-order valence-corrected chi connectivity index (χ4v) is 3.06. The molecule has 15 heavy (non-hydrogen) atoms. The summed E-state index contributed by atoms with van der Waals surface area (Å²) in [5.74, 6) is 1.65. The van der Waals surface area contributed by atoms with Gasteiger partial charge in [-0.25, -0.2) is 0 Å². The van der Waals surface area contributed by atoms with Gasteiger partial charge >= 0.3 is 0 Å². The van der Waals surface area contributed by atoms with Gasteiger partial charge in [0.15, 0.2) is 0 Å². The first-order valence-corrected chi connectivity index (χ1v) is 6.23. The van der Waals surface area contributed by atoms with Gasteiger partial charge in [0.25, 0.3) is 0 Å². The summed E-state index contributed by atoms with van der Waals surface area (Å²) < 4.78 is 5.62. The Hall–Kier alpha value is -0.0800. The Labute approximate surface area is 94.8 Å². The second-order valence-electron chi connectivity index (χ2n) is 5.61. The summed E-state index contributed by atoms with van der Waals surface area (Å²) in [5.41, 5.74) is -0.0591. The lowest BCUT2D eigenvalue weighted by molar-refractivity contribution is -0.0333. The smallest absolute Gasteiger partial charge is 0.0777 e. The molecule has 0 saturated heterocycles. The van der Waals surface area contributed by atoms with Gasteiger partial charge in [0, 0.05) is 13.2 Å². The number of hydrogen-bond donors (Lipinski definition) is 1. The Morgan fingerprint density at radius 3 is 2.47 bits per heavy atom. The molecule has 0 aromatic carbocycles. The molecule has 1 aliphatic carbocycles. The van der Waals surface area contributed by atoms with Crippen molar-refractivity contribution in [3.05, 3.63) is 0 Å². The highest BCUT2D eigenvalue weighted by Crippen LogP contribution is 2.34. The van der Waals surface area contributed by atoms with Crippen LogP contribution in [0.4, 0.5) is 0 Å². The van der Waals surface area contributed by atoms with Crippen LogP contribution in [-0.4, -0.2) is 25.8 Å². The van der Waals surface area contributed by atoms with Crippen molar-refractivity contribution in [3.8, 4) is 0 Å². The third-order valence-corrected chi connectivity index (χ3v) is 4.03. The van der Waals surface area contributed by atoms with Gasteiger partial charge in [0.2, 0.25) is 0 Å². The van der Waals surface area contributed by atoms with E-state index in [0.29, 0.717) is 6.04 Å². The van der Waals surface area contributed by atoms with Crippen molar-refractivity contribution in [2.45, 2.75) is 58.1 Å². The van der Waals surface area contributed by atoms with Crippen LogP contribution in [0.5, 0.6) is 0 Å². The molecule has 0 aromatic rings. The van der Waals surface area contributed by atoms with Crippen molar-refractivity contribution in [1.29, 1.82) is 0 Å². The summed E-state index contributed by atoms with van der Waals surface area (Å²) >= 11 is 0. The van der Waals surface area contributed by atoms with Crippen LogP contribution in [-0.2, 0) is 4.74 Å². The zero-order chi connectivity index (χ0) is 11.5. The highest BCUT2D eigenvalue weighted by Gasteiger charge is 2.36. The van der Waals surface area contributed by atoms with Gasteiger partial charge in [0.05, 0.1) is 5.60 Å². The van der Waals surface area contributed by atoms with E-state index >= 15 is 0 Å². The SMILES string of the molecule is CNC(C1CCCC(C)C1)C(C)(C)OC. The topological polar surface area (TPSA) is 21.3 Å². The normalized spacial score (nSPS) is 30.2. The Balaban J connectivity index is 2.65. The first-order valence-electron chi connectivity index (χ1n) is 6.23. The van der Waals surface area contributed by atoms with E-state index in [4.69, 9.17) is 4.74 Å². The Kier molecular flexibility index (Phi) is 4.60. The summed E-state index contributed by atoms with van der Waals surface area (Å²) in [4.78, 5) is 0. The van der Waals surface area contributed by atoms with E-state index in [1.54, 1.807) is 0 Å². The molecule has 0 bridgehead atoms. The van der Waals surface area contributed by atoms with Crippen LogP contribution in [0.15, 0.2) is 0 Å². The van der Waals surface area contributed by atoms with Crippen molar-refractivity contribution in [3.63, 3.8) is 0 Å². The maximum atomic E-state index is 5.62. The van der Waals surface area contributed by atoms with Gasteiger partial charge in [-0.15, -0.1) is 0 Å². The predicted octanol–water partition coefficient (Wildman–Crippen LogP) is 2.83. The Morgan fingerprint density at radius 1 is 1.33 bits per heavy atom. The van der Waals surface area contributed by atoms with Crippen LogP contribution in [0.25, 0.3) is 0 Å². The Morgan fingerprint density at radius 2 is 2.00 bits per heavy atom. The summed E-state index contributed by atoms with van der Waals surface area (Å²) in [6.45, 7) is 6.75. The quantitative estimate of drug-likeness (QED) is 0.775. The highest BCUT2D eigenvalue weighted by molar-refractivity contribution is 4.91. The van der Waals surface area contributed by atoms with Crippen molar-refractivity contribution in [2.75, 3.05) is 14.2 Å². The van der Waals surface area contributed by atoms with Crippen molar-refractivity contribution >= 4 is 0 Å². The zero-order valence-electron chi connectivity index (χ0n) is 11.0. The lowest BCUT2D eigenvalue weighted by Crippen LogP contribution is -2.52.